The van der Waals surface area contributed by atoms with Gasteiger partial charge in [-0.1, -0.05) is 116 Å². The Hall–Kier alpha value is -2.97. The SMILES string of the molecule is CC1(C)CCC(C)(C)c2c(N(c3ccc4c(c3)Sc3ccccc3C43C4CC5CC6CC3C64C5)c3cccc4c3C(C)(C)CCC4(C)C)cccc21. The highest BCUT2D eigenvalue weighted by Gasteiger charge is 2.84. The number of hydrogen-bond donors (Lipinski definition) is 0. The molecule has 0 saturated heterocycles. The van der Waals surface area contributed by atoms with Gasteiger partial charge in [0.05, 0.1) is 11.4 Å². The van der Waals surface area contributed by atoms with Crippen LogP contribution in [-0.4, -0.2) is 0 Å². The predicted octanol–water partition coefficient (Wildman–Crippen LogP) is 13.7. The Morgan fingerprint density at radius 3 is 1.73 bits per heavy atom. The van der Waals surface area contributed by atoms with Crippen LogP contribution >= 0.6 is 11.8 Å². The molecule has 4 aromatic rings. The summed E-state index contributed by atoms with van der Waals surface area (Å²) in [5.41, 5.74) is 14.9. The van der Waals surface area contributed by atoms with Crippen LogP contribution in [0.1, 0.15) is 140 Å². The van der Waals surface area contributed by atoms with Crippen molar-refractivity contribution in [3.63, 3.8) is 0 Å². The van der Waals surface area contributed by atoms with Crippen molar-refractivity contribution >= 4 is 28.8 Å². The van der Waals surface area contributed by atoms with E-state index in [0.29, 0.717) is 5.41 Å². The minimum absolute atomic E-state index is 0.0814. The summed E-state index contributed by atoms with van der Waals surface area (Å²) in [5.74, 6) is 3.60. The number of anilines is 3. The fraction of sp³-hybridized carbons (Fsp3) is 0.520. The molecule has 6 aliphatic carbocycles. The lowest BCUT2D eigenvalue weighted by atomic mass is 9.26. The summed E-state index contributed by atoms with van der Waals surface area (Å²) in [6, 6.07) is 32.0. The molecule has 0 aromatic heterocycles. The summed E-state index contributed by atoms with van der Waals surface area (Å²) in [6.45, 7) is 19.9. The van der Waals surface area contributed by atoms with Crippen molar-refractivity contribution in [1.82, 2.24) is 0 Å². The molecule has 4 fully saturated rings. The van der Waals surface area contributed by atoms with Crippen molar-refractivity contribution in [3.8, 4) is 0 Å². The summed E-state index contributed by atoms with van der Waals surface area (Å²) in [7, 11) is 0. The molecule has 1 heterocycles. The summed E-state index contributed by atoms with van der Waals surface area (Å²) in [6.07, 6.45) is 10.8. The standard InChI is InChI=1S/C50H57NS/c1-45(2)21-23-47(5,6)43-35(45)14-11-16-37(43)51(38-17-12-15-36-44(38)48(7,8)24-22-46(36,3)4)32-19-20-34-40(28-32)52-39-18-10-9-13-33(39)50(34)41-26-30-25-31-27-42(50)49(31,41)29-30/h9-20,28,30-31,41-42H,21-27,29H2,1-8H3. The zero-order valence-electron chi connectivity index (χ0n) is 32.8. The van der Waals surface area contributed by atoms with E-state index in [1.54, 1.807) is 22.3 Å². The Labute approximate surface area is 317 Å². The Morgan fingerprint density at radius 2 is 1.10 bits per heavy atom. The monoisotopic (exact) mass is 703 g/mol. The Morgan fingerprint density at radius 1 is 0.538 bits per heavy atom. The molecule has 0 amide bonds. The van der Waals surface area contributed by atoms with E-state index in [1.165, 1.54) is 89.3 Å². The summed E-state index contributed by atoms with van der Waals surface area (Å²) >= 11 is 2.06. The van der Waals surface area contributed by atoms with Crippen molar-refractivity contribution in [2.45, 2.75) is 144 Å². The molecule has 52 heavy (non-hydrogen) atoms. The van der Waals surface area contributed by atoms with E-state index in [0.717, 1.165) is 23.7 Å². The third-order valence-corrected chi connectivity index (χ3v) is 18.0. The van der Waals surface area contributed by atoms with Gasteiger partial charge in [0.1, 0.15) is 0 Å². The molecule has 2 spiro atoms. The van der Waals surface area contributed by atoms with E-state index in [1.807, 2.05) is 0 Å². The van der Waals surface area contributed by atoms with Crippen LogP contribution in [0, 0.1) is 29.1 Å². The second-order valence-corrected chi connectivity index (χ2v) is 22.2. The van der Waals surface area contributed by atoms with Crippen LogP contribution in [0.5, 0.6) is 0 Å². The molecule has 4 saturated carbocycles. The molecule has 6 atom stereocenters. The maximum atomic E-state index is 2.75. The Kier molecular flexibility index (Phi) is 6.25. The van der Waals surface area contributed by atoms with Crippen molar-refractivity contribution in [1.29, 1.82) is 0 Å². The molecule has 0 N–H and O–H groups in total. The van der Waals surface area contributed by atoms with Gasteiger partial charge >= 0.3 is 0 Å². The summed E-state index contributed by atoms with van der Waals surface area (Å²) in [4.78, 5) is 5.77. The zero-order valence-corrected chi connectivity index (χ0v) is 33.6. The van der Waals surface area contributed by atoms with Gasteiger partial charge in [-0.15, -0.1) is 0 Å². The third kappa shape index (κ3) is 3.80. The number of benzene rings is 4. The average Bonchev–Trinajstić information content (AvgIpc) is 3.64. The molecule has 6 unspecified atom stereocenters. The first-order valence-electron chi connectivity index (χ1n) is 20.7. The molecular formula is C50H57NS. The van der Waals surface area contributed by atoms with E-state index < -0.39 is 0 Å². The van der Waals surface area contributed by atoms with Crippen LogP contribution < -0.4 is 4.90 Å². The number of fused-ring (bicyclic) bond motifs is 9. The molecule has 2 heteroatoms. The van der Waals surface area contributed by atoms with E-state index >= 15 is 0 Å². The number of nitrogens with zero attached hydrogens (tertiary/aromatic N) is 1. The van der Waals surface area contributed by atoms with Crippen LogP contribution in [0.15, 0.2) is 88.7 Å². The van der Waals surface area contributed by atoms with Crippen molar-refractivity contribution in [2.75, 3.05) is 4.90 Å². The third-order valence-electron chi connectivity index (χ3n) is 16.9. The highest BCUT2D eigenvalue weighted by atomic mass is 32.2. The minimum Gasteiger partial charge on any atom is -0.310 e. The Bertz CT molecular complexity index is 2120. The summed E-state index contributed by atoms with van der Waals surface area (Å²) in [5, 5.41) is 0. The van der Waals surface area contributed by atoms with Gasteiger partial charge in [-0.25, -0.2) is 0 Å². The van der Waals surface area contributed by atoms with Crippen molar-refractivity contribution in [2.24, 2.45) is 29.1 Å². The van der Waals surface area contributed by atoms with Gasteiger partial charge in [-0.05, 0) is 166 Å². The molecule has 4 aromatic carbocycles. The topological polar surface area (TPSA) is 3.24 Å². The molecule has 7 aliphatic rings. The highest BCUT2D eigenvalue weighted by Crippen LogP contribution is 2.89. The maximum Gasteiger partial charge on any atom is 0.0502 e. The van der Waals surface area contributed by atoms with Gasteiger partial charge in [0.25, 0.3) is 0 Å². The van der Waals surface area contributed by atoms with Gasteiger partial charge in [-0.3, -0.25) is 0 Å². The van der Waals surface area contributed by atoms with Crippen LogP contribution in [0.3, 0.4) is 0 Å². The number of hydrogen-bond acceptors (Lipinski definition) is 2. The molecule has 268 valence electrons. The van der Waals surface area contributed by atoms with Crippen molar-refractivity contribution in [3.05, 3.63) is 112 Å². The largest absolute Gasteiger partial charge is 0.310 e. The first-order chi connectivity index (χ1) is 24.7. The van der Waals surface area contributed by atoms with E-state index in [2.05, 4.69) is 151 Å². The summed E-state index contributed by atoms with van der Waals surface area (Å²) < 4.78 is 0. The van der Waals surface area contributed by atoms with Gasteiger partial charge in [0.15, 0.2) is 0 Å². The van der Waals surface area contributed by atoms with Crippen LogP contribution in [0.25, 0.3) is 0 Å². The molecule has 2 bridgehead atoms. The van der Waals surface area contributed by atoms with E-state index in [-0.39, 0.29) is 27.1 Å². The average molecular weight is 704 g/mol. The fourth-order valence-electron chi connectivity index (χ4n) is 14.4. The lowest BCUT2D eigenvalue weighted by Crippen LogP contribution is -2.74. The van der Waals surface area contributed by atoms with Gasteiger partial charge < -0.3 is 4.90 Å². The Balaban J connectivity index is 1.16. The molecule has 11 rings (SSSR count). The highest BCUT2D eigenvalue weighted by molar-refractivity contribution is 7.99. The van der Waals surface area contributed by atoms with Gasteiger partial charge in [0.2, 0.25) is 0 Å². The zero-order chi connectivity index (χ0) is 35.8. The smallest absolute Gasteiger partial charge is 0.0502 e. The second-order valence-electron chi connectivity index (χ2n) is 21.1. The quantitative estimate of drug-likeness (QED) is 0.209. The molecule has 1 aliphatic heterocycles. The van der Waals surface area contributed by atoms with Crippen molar-refractivity contribution < 1.29 is 0 Å². The predicted molar refractivity (Wildman–Crippen MR) is 218 cm³/mol. The van der Waals surface area contributed by atoms with Gasteiger partial charge in [0, 0.05) is 20.9 Å². The van der Waals surface area contributed by atoms with Gasteiger partial charge in [-0.2, -0.15) is 0 Å². The molecule has 0 radical (unpaired) electrons. The fourth-order valence-corrected chi connectivity index (χ4v) is 15.7. The lowest BCUT2D eigenvalue weighted by Gasteiger charge is -2.78. The van der Waals surface area contributed by atoms with E-state index in [9.17, 15) is 0 Å². The van der Waals surface area contributed by atoms with Crippen LogP contribution in [0.4, 0.5) is 17.1 Å². The lowest BCUT2D eigenvalue weighted by molar-refractivity contribution is -0.235. The van der Waals surface area contributed by atoms with E-state index in [4.69, 9.17) is 0 Å². The number of rotatable bonds is 3. The molecule has 1 nitrogen and oxygen atoms in total. The normalized spacial score (nSPS) is 33.8. The minimum atomic E-state index is 0.0814. The van der Waals surface area contributed by atoms with Crippen LogP contribution in [0.2, 0.25) is 0 Å². The first-order valence-corrected chi connectivity index (χ1v) is 21.5. The molecular weight excluding hydrogens is 647 g/mol. The first kappa shape index (κ1) is 32.5. The second kappa shape index (κ2) is 10.0. The maximum absolute atomic E-state index is 2.75. The van der Waals surface area contributed by atoms with Crippen LogP contribution in [-0.2, 0) is 27.1 Å².